The summed E-state index contributed by atoms with van der Waals surface area (Å²) in [5, 5.41) is 27.6. The first kappa shape index (κ1) is 21.1. The van der Waals surface area contributed by atoms with E-state index in [-0.39, 0.29) is 12.5 Å². The van der Waals surface area contributed by atoms with Crippen LogP contribution in [-0.2, 0) is 4.74 Å². The summed E-state index contributed by atoms with van der Waals surface area (Å²) in [4.78, 5) is 46.3. The molecule has 8 heteroatoms. The number of aromatic carboxylic acids is 3. The van der Waals surface area contributed by atoms with Gasteiger partial charge in [-0.25, -0.2) is 19.2 Å². The Labute approximate surface area is 150 Å². The summed E-state index contributed by atoms with van der Waals surface area (Å²) >= 11 is 0. The Hall–Kier alpha value is -2.90. The molecule has 0 radical (unpaired) electrons. The number of carbonyl (C=O) groups excluding carboxylic acids is 1. The van der Waals surface area contributed by atoms with Gasteiger partial charge in [-0.15, -0.1) is 0 Å². The van der Waals surface area contributed by atoms with Crippen LogP contribution in [0.2, 0.25) is 0 Å². The third kappa shape index (κ3) is 5.05. The Bertz CT molecular complexity index is 707. The summed E-state index contributed by atoms with van der Waals surface area (Å²) in [5.41, 5.74) is -3.02. The van der Waals surface area contributed by atoms with Gasteiger partial charge in [-0.2, -0.15) is 0 Å². The highest BCUT2D eigenvalue weighted by Crippen LogP contribution is 2.22. The van der Waals surface area contributed by atoms with E-state index >= 15 is 0 Å². The third-order valence-corrected chi connectivity index (χ3v) is 4.08. The van der Waals surface area contributed by atoms with Crippen molar-refractivity contribution in [3.8, 4) is 0 Å². The van der Waals surface area contributed by atoms with Crippen molar-refractivity contribution in [3.63, 3.8) is 0 Å². The third-order valence-electron chi connectivity index (χ3n) is 4.08. The Kier molecular flexibility index (Phi) is 7.77. The SMILES string of the molecule is CCCCC(CC)COC(=O)c1ccc(C(=O)O)c(C(=O)O)c1C(=O)O. The van der Waals surface area contributed by atoms with Crippen molar-refractivity contribution in [1.82, 2.24) is 0 Å². The zero-order valence-electron chi connectivity index (χ0n) is 14.7. The minimum absolute atomic E-state index is 0.0808. The highest BCUT2D eigenvalue weighted by Gasteiger charge is 2.30. The number of rotatable bonds is 10. The Balaban J connectivity index is 3.21. The highest BCUT2D eigenvalue weighted by molar-refractivity contribution is 6.14. The number of carboxylic acid groups (broad SMARTS) is 3. The van der Waals surface area contributed by atoms with Crippen molar-refractivity contribution >= 4 is 23.9 Å². The van der Waals surface area contributed by atoms with Crippen molar-refractivity contribution in [2.24, 2.45) is 5.92 Å². The van der Waals surface area contributed by atoms with E-state index < -0.39 is 46.1 Å². The van der Waals surface area contributed by atoms with Gasteiger partial charge in [0.1, 0.15) is 0 Å². The lowest BCUT2D eigenvalue weighted by Crippen LogP contribution is -2.21. The van der Waals surface area contributed by atoms with Crippen LogP contribution >= 0.6 is 0 Å². The van der Waals surface area contributed by atoms with Crippen LogP contribution in [-0.4, -0.2) is 45.8 Å². The van der Waals surface area contributed by atoms with Crippen LogP contribution in [0.15, 0.2) is 12.1 Å². The minimum Gasteiger partial charge on any atom is -0.478 e. The first-order valence-electron chi connectivity index (χ1n) is 8.28. The maximum atomic E-state index is 12.3. The maximum Gasteiger partial charge on any atom is 0.339 e. The van der Waals surface area contributed by atoms with Gasteiger partial charge in [0, 0.05) is 0 Å². The molecule has 8 nitrogen and oxygen atoms in total. The average Bonchev–Trinajstić information content (AvgIpc) is 2.59. The second-order valence-electron chi connectivity index (χ2n) is 5.84. The lowest BCUT2D eigenvalue weighted by atomic mass is 9.95. The molecule has 0 aliphatic rings. The Morgan fingerprint density at radius 1 is 0.923 bits per heavy atom. The van der Waals surface area contributed by atoms with Crippen LogP contribution in [0, 0.1) is 5.92 Å². The van der Waals surface area contributed by atoms with Crippen molar-refractivity contribution in [1.29, 1.82) is 0 Å². The number of hydrogen-bond acceptors (Lipinski definition) is 5. The van der Waals surface area contributed by atoms with Gasteiger partial charge in [-0.05, 0) is 24.5 Å². The molecule has 0 fully saturated rings. The molecule has 0 heterocycles. The maximum absolute atomic E-state index is 12.3. The van der Waals surface area contributed by atoms with Crippen LogP contribution in [0.1, 0.15) is 81.0 Å². The molecule has 0 aliphatic heterocycles. The van der Waals surface area contributed by atoms with Gasteiger partial charge in [0.25, 0.3) is 0 Å². The molecule has 26 heavy (non-hydrogen) atoms. The molecule has 1 aromatic carbocycles. The summed E-state index contributed by atoms with van der Waals surface area (Å²) in [7, 11) is 0. The predicted molar refractivity (Wildman–Crippen MR) is 90.9 cm³/mol. The van der Waals surface area contributed by atoms with Crippen molar-refractivity contribution in [3.05, 3.63) is 34.4 Å². The molecule has 1 atom stereocenters. The standard InChI is InChI=1S/C18H22O8/c1-3-5-6-10(4-2)9-26-18(25)12-8-7-11(15(19)20)13(16(21)22)14(12)17(23)24/h7-8,10H,3-6,9H2,1-2H3,(H,19,20)(H,21,22)(H,23,24). The molecule has 0 saturated carbocycles. The average molecular weight is 366 g/mol. The molecule has 0 bridgehead atoms. The van der Waals surface area contributed by atoms with E-state index in [0.29, 0.717) is 0 Å². The summed E-state index contributed by atoms with van der Waals surface area (Å²) < 4.78 is 5.16. The number of carbonyl (C=O) groups is 4. The minimum atomic E-state index is -1.75. The molecule has 0 aromatic heterocycles. The molecule has 0 aliphatic carbocycles. The summed E-state index contributed by atoms with van der Waals surface area (Å²) in [6, 6.07) is 1.86. The van der Waals surface area contributed by atoms with Crippen LogP contribution in [0.25, 0.3) is 0 Å². The number of benzene rings is 1. The Morgan fingerprint density at radius 3 is 1.92 bits per heavy atom. The molecule has 142 valence electrons. The summed E-state index contributed by atoms with van der Waals surface area (Å²) in [6.07, 6.45) is 3.58. The highest BCUT2D eigenvalue weighted by atomic mass is 16.5. The first-order valence-corrected chi connectivity index (χ1v) is 8.28. The van der Waals surface area contributed by atoms with Gasteiger partial charge in [0.15, 0.2) is 0 Å². The molecule has 3 N–H and O–H groups in total. The molecule has 1 aromatic rings. The van der Waals surface area contributed by atoms with E-state index in [1.807, 2.05) is 13.8 Å². The number of carboxylic acids is 3. The van der Waals surface area contributed by atoms with Crippen molar-refractivity contribution in [2.75, 3.05) is 6.61 Å². The van der Waals surface area contributed by atoms with Gasteiger partial charge in [0.05, 0.1) is 28.9 Å². The van der Waals surface area contributed by atoms with E-state index in [1.54, 1.807) is 0 Å². The van der Waals surface area contributed by atoms with E-state index in [0.717, 1.165) is 37.8 Å². The zero-order chi connectivity index (χ0) is 19.9. The normalized spacial score (nSPS) is 11.6. The van der Waals surface area contributed by atoms with Crippen LogP contribution in [0.3, 0.4) is 0 Å². The van der Waals surface area contributed by atoms with Crippen LogP contribution < -0.4 is 0 Å². The zero-order valence-corrected chi connectivity index (χ0v) is 14.7. The van der Waals surface area contributed by atoms with E-state index in [9.17, 15) is 29.4 Å². The monoisotopic (exact) mass is 366 g/mol. The quantitative estimate of drug-likeness (QED) is 0.537. The topological polar surface area (TPSA) is 138 Å². The fourth-order valence-electron chi connectivity index (χ4n) is 2.56. The number of ether oxygens (including phenoxy) is 1. The van der Waals surface area contributed by atoms with Gasteiger partial charge in [-0.1, -0.05) is 33.1 Å². The second kappa shape index (κ2) is 9.55. The molecule has 1 rings (SSSR count). The van der Waals surface area contributed by atoms with Gasteiger partial charge < -0.3 is 20.1 Å². The molecule has 0 amide bonds. The van der Waals surface area contributed by atoms with Crippen molar-refractivity contribution in [2.45, 2.75) is 39.5 Å². The molecular formula is C18H22O8. The number of hydrogen-bond donors (Lipinski definition) is 3. The lowest BCUT2D eigenvalue weighted by Gasteiger charge is -2.16. The molecule has 1 unspecified atom stereocenters. The largest absolute Gasteiger partial charge is 0.478 e. The van der Waals surface area contributed by atoms with Gasteiger partial charge in [-0.3, -0.25) is 0 Å². The fraction of sp³-hybridized carbons (Fsp3) is 0.444. The van der Waals surface area contributed by atoms with E-state index in [4.69, 9.17) is 9.84 Å². The summed E-state index contributed by atoms with van der Waals surface area (Å²) in [6.45, 7) is 4.06. The number of unbranched alkanes of at least 4 members (excludes halogenated alkanes) is 1. The first-order chi connectivity index (χ1) is 12.2. The molecule has 0 saturated heterocycles. The van der Waals surface area contributed by atoms with Gasteiger partial charge >= 0.3 is 23.9 Å². The van der Waals surface area contributed by atoms with E-state index in [2.05, 4.69) is 0 Å². The molecular weight excluding hydrogens is 344 g/mol. The smallest absolute Gasteiger partial charge is 0.339 e. The van der Waals surface area contributed by atoms with Crippen LogP contribution in [0.4, 0.5) is 0 Å². The lowest BCUT2D eigenvalue weighted by molar-refractivity contribution is 0.0419. The Morgan fingerprint density at radius 2 is 1.46 bits per heavy atom. The van der Waals surface area contributed by atoms with Gasteiger partial charge in [0.2, 0.25) is 0 Å². The van der Waals surface area contributed by atoms with Crippen molar-refractivity contribution < 1.29 is 39.2 Å². The number of esters is 1. The molecule has 0 spiro atoms. The predicted octanol–water partition coefficient (Wildman–Crippen LogP) is 3.15. The van der Waals surface area contributed by atoms with E-state index in [1.165, 1.54) is 0 Å². The summed E-state index contributed by atoms with van der Waals surface area (Å²) in [5.74, 6) is -5.93. The second-order valence-corrected chi connectivity index (χ2v) is 5.84. The fourth-order valence-corrected chi connectivity index (χ4v) is 2.56. The van der Waals surface area contributed by atoms with Crippen LogP contribution in [0.5, 0.6) is 0 Å².